The summed E-state index contributed by atoms with van der Waals surface area (Å²) in [5.41, 5.74) is 3.95. The normalized spacial score (nSPS) is 11.9. The van der Waals surface area contributed by atoms with Crippen LogP contribution in [0.1, 0.15) is 24.6 Å². The first-order valence-corrected chi connectivity index (χ1v) is 10.2. The molecule has 1 amide bonds. The van der Waals surface area contributed by atoms with Crippen LogP contribution in [0.3, 0.4) is 0 Å². The summed E-state index contributed by atoms with van der Waals surface area (Å²) < 4.78 is 15.0. The molecule has 6 nitrogen and oxygen atoms in total. The Labute approximate surface area is 181 Å². The number of benzene rings is 2. The van der Waals surface area contributed by atoms with E-state index in [2.05, 4.69) is 16.5 Å². The first-order valence-electron chi connectivity index (χ1n) is 10.2. The molecule has 1 atom stereocenters. The van der Waals surface area contributed by atoms with E-state index in [0.29, 0.717) is 11.3 Å². The van der Waals surface area contributed by atoms with Gasteiger partial charge in [-0.2, -0.15) is 10.4 Å². The molecule has 0 fully saturated rings. The molecular weight excluding hydrogens is 393 g/mol. The van der Waals surface area contributed by atoms with Crippen LogP contribution >= 0.6 is 0 Å². The molecule has 1 aromatic heterocycles. The third-order valence-electron chi connectivity index (χ3n) is 5.31. The van der Waals surface area contributed by atoms with Crippen molar-refractivity contribution in [3.63, 3.8) is 0 Å². The zero-order valence-electron chi connectivity index (χ0n) is 18.0. The van der Waals surface area contributed by atoms with Crippen LogP contribution in [0, 0.1) is 17.1 Å². The largest absolute Gasteiger partial charge is 0.325 e. The van der Waals surface area contributed by atoms with E-state index in [0.717, 1.165) is 36.3 Å². The molecular formula is C24H26FN5O. The van der Waals surface area contributed by atoms with Crippen molar-refractivity contribution in [2.45, 2.75) is 25.8 Å². The Morgan fingerprint density at radius 2 is 2.00 bits per heavy atom. The second kappa shape index (κ2) is 10.0. The van der Waals surface area contributed by atoms with Gasteiger partial charge in [-0.3, -0.25) is 14.4 Å². The predicted octanol–water partition coefficient (Wildman–Crippen LogP) is 3.99. The molecule has 3 rings (SSSR count). The van der Waals surface area contributed by atoms with Gasteiger partial charge in [-0.25, -0.2) is 4.39 Å². The van der Waals surface area contributed by atoms with E-state index in [4.69, 9.17) is 5.26 Å². The fourth-order valence-corrected chi connectivity index (χ4v) is 3.36. The van der Waals surface area contributed by atoms with Gasteiger partial charge in [-0.1, -0.05) is 6.07 Å². The van der Waals surface area contributed by atoms with Crippen molar-refractivity contribution in [1.82, 2.24) is 14.7 Å². The number of hydrogen-bond acceptors (Lipinski definition) is 4. The van der Waals surface area contributed by atoms with Crippen molar-refractivity contribution < 1.29 is 9.18 Å². The number of nitrogens with zero attached hydrogens (tertiary/aromatic N) is 4. The van der Waals surface area contributed by atoms with Crippen LogP contribution in [-0.2, 0) is 18.3 Å². The van der Waals surface area contributed by atoms with Gasteiger partial charge in [-0.05, 0) is 87.5 Å². The van der Waals surface area contributed by atoms with E-state index < -0.39 is 0 Å². The number of amides is 1. The number of nitrogens with one attached hydrogen (secondary N) is 1. The van der Waals surface area contributed by atoms with E-state index in [1.807, 2.05) is 32.0 Å². The number of carbonyl (C=O) groups excluding carboxylic acids is 1. The lowest BCUT2D eigenvalue weighted by Crippen LogP contribution is -2.40. The molecule has 31 heavy (non-hydrogen) atoms. The highest BCUT2D eigenvalue weighted by molar-refractivity contribution is 5.94. The zero-order chi connectivity index (χ0) is 22.4. The highest BCUT2D eigenvalue weighted by Gasteiger charge is 2.18. The molecule has 0 aliphatic heterocycles. The number of hydrogen-bond donors (Lipinski definition) is 1. The lowest BCUT2D eigenvalue weighted by molar-refractivity contribution is -0.120. The van der Waals surface area contributed by atoms with Crippen molar-refractivity contribution >= 4 is 11.6 Å². The molecule has 0 radical (unpaired) electrons. The molecule has 2 aromatic carbocycles. The minimum atomic E-state index is -0.316. The molecule has 0 aliphatic rings. The van der Waals surface area contributed by atoms with Crippen molar-refractivity contribution in [3.8, 4) is 17.3 Å². The topological polar surface area (TPSA) is 74.0 Å². The Bertz CT molecular complexity index is 1080. The highest BCUT2D eigenvalue weighted by atomic mass is 19.1. The van der Waals surface area contributed by atoms with Crippen LogP contribution in [0.5, 0.6) is 0 Å². The van der Waals surface area contributed by atoms with Gasteiger partial charge in [0.2, 0.25) is 5.91 Å². The van der Waals surface area contributed by atoms with Crippen LogP contribution < -0.4 is 5.32 Å². The van der Waals surface area contributed by atoms with Crippen LogP contribution in [0.15, 0.2) is 54.6 Å². The molecule has 1 N–H and O–H groups in total. The summed E-state index contributed by atoms with van der Waals surface area (Å²) in [4.78, 5) is 14.5. The quantitative estimate of drug-likeness (QED) is 0.599. The minimum Gasteiger partial charge on any atom is -0.325 e. The maximum absolute atomic E-state index is 13.2. The number of rotatable bonds is 8. The maximum Gasteiger partial charge on any atom is 0.241 e. The molecule has 0 bridgehead atoms. The van der Waals surface area contributed by atoms with Gasteiger partial charge < -0.3 is 5.32 Å². The summed E-state index contributed by atoms with van der Waals surface area (Å²) in [5.74, 6) is -0.376. The number of likely N-dealkylation sites (N-methyl/N-ethyl adjacent to an activating group) is 1. The second-order valence-electron chi connectivity index (χ2n) is 7.59. The van der Waals surface area contributed by atoms with Gasteiger partial charge in [0, 0.05) is 12.7 Å². The third kappa shape index (κ3) is 5.77. The third-order valence-corrected chi connectivity index (χ3v) is 5.31. The summed E-state index contributed by atoms with van der Waals surface area (Å²) >= 11 is 0. The van der Waals surface area contributed by atoms with Gasteiger partial charge in [-0.15, -0.1) is 0 Å². The molecule has 0 spiro atoms. The SMILES string of the molecule is C[C@@H](C(=O)Nc1cccc(C#N)c1)N(C)CCCc1cc(-c2ccc(F)cc2)n(C)n1. The molecule has 3 aromatic rings. The molecule has 1 heterocycles. The summed E-state index contributed by atoms with van der Waals surface area (Å²) in [6.45, 7) is 2.59. The molecule has 7 heteroatoms. The Kier molecular flexibility index (Phi) is 7.16. The van der Waals surface area contributed by atoms with Crippen LogP contribution in [0.25, 0.3) is 11.3 Å². The number of anilines is 1. The highest BCUT2D eigenvalue weighted by Crippen LogP contribution is 2.21. The molecule has 0 unspecified atom stereocenters. The molecule has 0 saturated carbocycles. The Hall–Kier alpha value is -3.50. The first kappa shape index (κ1) is 22.2. The fourth-order valence-electron chi connectivity index (χ4n) is 3.36. The molecule has 0 saturated heterocycles. The molecule has 160 valence electrons. The Morgan fingerprint density at radius 1 is 1.26 bits per heavy atom. The van der Waals surface area contributed by atoms with Gasteiger partial charge >= 0.3 is 0 Å². The number of nitriles is 1. The number of halogens is 1. The van der Waals surface area contributed by atoms with E-state index >= 15 is 0 Å². The lowest BCUT2D eigenvalue weighted by Gasteiger charge is -2.23. The standard InChI is InChI=1S/C24H26FN5O/c1-17(24(31)27-21-7-4-6-18(14-21)16-26)29(2)13-5-8-22-15-23(30(3)28-22)19-9-11-20(25)12-10-19/h4,6-7,9-12,14-15,17H,5,8,13H2,1-3H3,(H,27,31)/t17-/m0/s1. The number of aryl methyl sites for hydroxylation is 2. The van der Waals surface area contributed by atoms with Crippen LogP contribution in [-0.4, -0.2) is 40.2 Å². The minimum absolute atomic E-state index is 0.117. The zero-order valence-corrected chi connectivity index (χ0v) is 18.0. The van der Waals surface area contributed by atoms with Crippen molar-refractivity contribution in [3.05, 3.63) is 71.7 Å². The van der Waals surface area contributed by atoms with Gasteiger partial charge in [0.25, 0.3) is 0 Å². The van der Waals surface area contributed by atoms with Crippen LogP contribution in [0.2, 0.25) is 0 Å². The van der Waals surface area contributed by atoms with E-state index in [1.54, 1.807) is 41.1 Å². The Morgan fingerprint density at radius 3 is 2.71 bits per heavy atom. The van der Waals surface area contributed by atoms with Gasteiger partial charge in [0.15, 0.2) is 0 Å². The number of aromatic nitrogens is 2. The summed E-state index contributed by atoms with van der Waals surface area (Å²) in [6.07, 6.45) is 1.62. The predicted molar refractivity (Wildman–Crippen MR) is 119 cm³/mol. The monoisotopic (exact) mass is 419 g/mol. The van der Waals surface area contributed by atoms with Crippen molar-refractivity contribution in [2.24, 2.45) is 7.05 Å². The van der Waals surface area contributed by atoms with E-state index in [1.165, 1.54) is 12.1 Å². The number of carbonyl (C=O) groups is 1. The van der Waals surface area contributed by atoms with Gasteiger partial charge in [0.05, 0.1) is 29.1 Å². The fraction of sp³-hybridized carbons (Fsp3) is 0.292. The lowest BCUT2D eigenvalue weighted by atomic mass is 10.1. The van der Waals surface area contributed by atoms with Crippen molar-refractivity contribution in [2.75, 3.05) is 18.9 Å². The first-order chi connectivity index (χ1) is 14.9. The van der Waals surface area contributed by atoms with Crippen molar-refractivity contribution in [1.29, 1.82) is 5.26 Å². The van der Waals surface area contributed by atoms with Crippen LogP contribution in [0.4, 0.5) is 10.1 Å². The summed E-state index contributed by atoms with van der Waals surface area (Å²) in [5, 5.41) is 16.4. The van der Waals surface area contributed by atoms with E-state index in [9.17, 15) is 9.18 Å². The van der Waals surface area contributed by atoms with E-state index in [-0.39, 0.29) is 17.8 Å². The summed E-state index contributed by atoms with van der Waals surface area (Å²) in [6, 6.07) is 17.0. The smallest absolute Gasteiger partial charge is 0.241 e. The average Bonchev–Trinajstić information content (AvgIpc) is 3.14. The average molecular weight is 420 g/mol. The second-order valence-corrected chi connectivity index (χ2v) is 7.59. The summed E-state index contributed by atoms with van der Waals surface area (Å²) in [7, 11) is 3.79. The Balaban J connectivity index is 1.52. The van der Waals surface area contributed by atoms with Gasteiger partial charge in [0.1, 0.15) is 5.82 Å². The maximum atomic E-state index is 13.2. The molecule has 0 aliphatic carbocycles.